The molecule has 0 N–H and O–H groups in total. The fourth-order valence-electron chi connectivity index (χ4n) is 2.46. The van der Waals surface area contributed by atoms with Crippen LogP contribution in [0.2, 0.25) is 0 Å². The first kappa shape index (κ1) is 13.2. The van der Waals surface area contributed by atoms with Gasteiger partial charge in [0, 0.05) is 5.56 Å². The van der Waals surface area contributed by atoms with E-state index in [9.17, 15) is 0 Å². The Kier molecular flexibility index (Phi) is 3.27. The van der Waals surface area contributed by atoms with E-state index in [1.807, 2.05) is 0 Å². The molecule has 98 valence electrons. The van der Waals surface area contributed by atoms with E-state index in [-0.39, 0.29) is 5.60 Å². The number of fused-ring (bicyclic) bond motifs is 1. The SMILES string of the molecule is CC(C)c1cc2c(cc1C(C)C)OC(C)(C)C=C2. The van der Waals surface area contributed by atoms with Crippen molar-refractivity contribution in [3.8, 4) is 5.75 Å². The van der Waals surface area contributed by atoms with Crippen LogP contribution in [0.1, 0.15) is 70.1 Å². The van der Waals surface area contributed by atoms with Gasteiger partial charge in [-0.1, -0.05) is 33.8 Å². The van der Waals surface area contributed by atoms with Crippen LogP contribution in [0.5, 0.6) is 5.75 Å². The topological polar surface area (TPSA) is 9.23 Å². The molecular weight excluding hydrogens is 220 g/mol. The molecular formula is C17H24O. The van der Waals surface area contributed by atoms with Crippen LogP contribution in [-0.4, -0.2) is 5.60 Å². The molecule has 0 radical (unpaired) electrons. The summed E-state index contributed by atoms with van der Waals surface area (Å²) in [6.45, 7) is 13.2. The third-order valence-corrected chi connectivity index (χ3v) is 3.50. The van der Waals surface area contributed by atoms with Gasteiger partial charge in [0.05, 0.1) is 0 Å². The summed E-state index contributed by atoms with van der Waals surface area (Å²) in [6, 6.07) is 4.53. The zero-order chi connectivity index (χ0) is 13.5. The first-order chi connectivity index (χ1) is 8.30. The molecule has 1 nitrogen and oxygen atoms in total. The molecule has 1 heterocycles. The standard InChI is InChI=1S/C17H24O/c1-11(2)14-9-13-7-8-17(5,6)18-16(13)10-15(14)12(3)4/h7-12H,1-6H3. The largest absolute Gasteiger partial charge is 0.483 e. The molecule has 1 aromatic rings. The van der Waals surface area contributed by atoms with Crippen molar-refractivity contribution in [3.63, 3.8) is 0 Å². The van der Waals surface area contributed by atoms with Crippen molar-refractivity contribution in [2.75, 3.05) is 0 Å². The normalized spacial score (nSPS) is 16.9. The van der Waals surface area contributed by atoms with Crippen LogP contribution in [-0.2, 0) is 0 Å². The summed E-state index contributed by atoms with van der Waals surface area (Å²) in [5.41, 5.74) is 3.87. The molecule has 0 saturated heterocycles. The van der Waals surface area contributed by atoms with Gasteiger partial charge in [0.25, 0.3) is 0 Å². The van der Waals surface area contributed by atoms with Crippen LogP contribution in [0.25, 0.3) is 6.08 Å². The quantitative estimate of drug-likeness (QED) is 0.701. The Morgan fingerprint density at radius 1 is 0.944 bits per heavy atom. The molecule has 0 fully saturated rings. The van der Waals surface area contributed by atoms with Crippen LogP contribution in [0.3, 0.4) is 0 Å². The van der Waals surface area contributed by atoms with Crippen molar-refractivity contribution in [1.29, 1.82) is 0 Å². The minimum Gasteiger partial charge on any atom is -0.483 e. The molecule has 0 aromatic heterocycles. The lowest BCUT2D eigenvalue weighted by atomic mass is 9.87. The van der Waals surface area contributed by atoms with Crippen LogP contribution >= 0.6 is 0 Å². The second-order valence-electron chi connectivity index (χ2n) is 6.37. The monoisotopic (exact) mass is 244 g/mol. The van der Waals surface area contributed by atoms with Gasteiger partial charge in [0.1, 0.15) is 11.4 Å². The molecule has 18 heavy (non-hydrogen) atoms. The van der Waals surface area contributed by atoms with Gasteiger partial charge < -0.3 is 4.74 Å². The van der Waals surface area contributed by atoms with E-state index >= 15 is 0 Å². The fourth-order valence-corrected chi connectivity index (χ4v) is 2.46. The summed E-state index contributed by atoms with van der Waals surface area (Å²) in [7, 11) is 0. The number of hydrogen-bond acceptors (Lipinski definition) is 1. The van der Waals surface area contributed by atoms with Crippen LogP contribution in [0, 0.1) is 0 Å². The molecule has 0 atom stereocenters. The lowest BCUT2D eigenvalue weighted by Gasteiger charge is -2.30. The van der Waals surface area contributed by atoms with Crippen molar-refractivity contribution >= 4 is 6.08 Å². The average Bonchev–Trinajstić information content (AvgIpc) is 2.25. The predicted octanol–water partition coefficient (Wildman–Crippen LogP) is 5.12. The van der Waals surface area contributed by atoms with E-state index < -0.39 is 0 Å². The van der Waals surface area contributed by atoms with Gasteiger partial charge in [-0.15, -0.1) is 0 Å². The highest BCUT2D eigenvalue weighted by Crippen LogP contribution is 2.37. The van der Waals surface area contributed by atoms with Crippen molar-refractivity contribution in [1.82, 2.24) is 0 Å². The number of rotatable bonds is 2. The van der Waals surface area contributed by atoms with Gasteiger partial charge in [-0.25, -0.2) is 0 Å². The van der Waals surface area contributed by atoms with Crippen LogP contribution in [0.4, 0.5) is 0 Å². The second kappa shape index (κ2) is 4.46. The molecule has 0 unspecified atom stereocenters. The van der Waals surface area contributed by atoms with Crippen LogP contribution < -0.4 is 4.74 Å². The Labute approximate surface area is 111 Å². The fraction of sp³-hybridized carbons (Fsp3) is 0.529. The third kappa shape index (κ3) is 2.45. The smallest absolute Gasteiger partial charge is 0.128 e. The molecule has 0 bridgehead atoms. The molecule has 1 aromatic carbocycles. The van der Waals surface area contributed by atoms with Gasteiger partial charge in [-0.3, -0.25) is 0 Å². The van der Waals surface area contributed by atoms with E-state index in [2.05, 4.69) is 65.8 Å². The summed E-state index contributed by atoms with van der Waals surface area (Å²) in [4.78, 5) is 0. The van der Waals surface area contributed by atoms with Crippen molar-refractivity contribution in [2.24, 2.45) is 0 Å². The van der Waals surface area contributed by atoms with E-state index in [1.54, 1.807) is 0 Å². The van der Waals surface area contributed by atoms with Crippen molar-refractivity contribution in [2.45, 2.75) is 59.0 Å². The van der Waals surface area contributed by atoms with E-state index in [4.69, 9.17) is 4.74 Å². The number of ether oxygens (including phenoxy) is 1. The lowest BCUT2D eigenvalue weighted by molar-refractivity contribution is 0.158. The number of benzene rings is 1. The Bertz CT molecular complexity index is 479. The van der Waals surface area contributed by atoms with E-state index in [0.29, 0.717) is 11.8 Å². The third-order valence-electron chi connectivity index (χ3n) is 3.50. The van der Waals surface area contributed by atoms with Gasteiger partial charge in [-0.05, 0) is 55.0 Å². The first-order valence-electron chi connectivity index (χ1n) is 6.86. The zero-order valence-corrected chi connectivity index (χ0v) is 12.4. The summed E-state index contributed by atoms with van der Waals surface area (Å²) < 4.78 is 6.06. The highest BCUT2D eigenvalue weighted by Gasteiger charge is 2.23. The van der Waals surface area contributed by atoms with Gasteiger partial charge in [0.15, 0.2) is 0 Å². The zero-order valence-electron chi connectivity index (χ0n) is 12.4. The summed E-state index contributed by atoms with van der Waals surface area (Å²) >= 11 is 0. The van der Waals surface area contributed by atoms with Gasteiger partial charge >= 0.3 is 0 Å². The minimum atomic E-state index is -0.194. The Morgan fingerprint density at radius 2 is 1.50 bits per heavy atom. The molecule has 1 heteroatoms. The molecule has 1 aliphatic heterocycles. The van der Waals surface area contributed by atoms with Crippen molar-refractivity contribution < 1.29 is 4.74 Å². The maximum atomic E-state index is 6.06. The average molecular weight is 244 g/mol. The van der Waals surface area contributed by atoms with Crippen LogP contribution in [0.15, 0.2) is 18.2 Å². The Hall–Kier alpha value is -1.24. The van der Waals surface area contributed by atoms with Gasteiger partial charge in [0.2, 0.25) is 0 Å². The van der Waals surface area contributed by atoms with E-state index in [1.165, 1.54) is 16.7 Å². The first-order valence-corrected chi connectivity index (χ1v) is 6.86. The van der Waals surface area contributed by atoms with E-state index in [0.717, 1.165) is 5.75 Å². The van der Waals surface area contributed by atoms with Crippen molar-refractivity contribution in [3.05, 3.63) is 34.9 Å². The molecule has 0 amide bonds. The molecule has 2 rings (SSSR count). The summed E-state index contributed by atoms with van der Waals surface area (Å²) in [6.07, 6.45) is 4.32. The second-order valence-corrected chi connectivity index (χ2v) is 6.37. The lowest BCUT2D eigenvalue weighted by Crippen LogP contribution is -2.27. The maximum absolute atomic E-state index is 6.06. The highest BCUT2D eigenvalue weighted by molar-refractivity contribution is 5.63. The summed E-state index contributed by atoms with van der Waals surface area (Å²) in [5.74, 6) is 2.11. The Morgan fingerprint density at radius 3 is 2.06 bits per heavy atom. The highest BCUT2D eigenvalue weighted by atomic mass is 16.5. The van der Waals surface area contributed by atoms with Gasteiger partial charge in [-0.2, -0.15) is 0 Å². The Balaban J connectivity index is 2.55. The summed E-state index contributed by atoms with van der Waals surface area (Å²) in [5, 5.41) is 0. The minimum absolute atomic E-state index is 0.194. The maximum Gasteiger partial charge on any atom is 0.128 e. The number of hydrogen-bond donors (Lipinski definition) is 0. The molecule has 0 spiro atoms. The molecule has 0 saturated carbocycles. The predicted molar refractivity (Wildman–Crippen MR) is 78.4 cm³/mol. The molecule has 1 aliphatic rings. The molecule has 0 aliphatic carbocycles.